The van der Waals surface area contributed by atoms with Crippen molar-refractivity contribution in [2.24, 2.45) is 5.73 Å². The Kier molecular flexibility index (Phi) is 14.3. The lowest BCUT2D eigenvalue weighted by atomic mass is 10.0. The number of anilines is 1. The second kappa shape index (κ2) is 18.6. The number of aromatic hydroxyl groups is 1. The van der Waals surface area contributed by atoms with E-state index < -0.39 is 24.0 Å². The molecule has 0 spiro atoms. The predicted molar refractivity (Wildman–Crippen MR) is 192 cm³/mol. The van der Waals surface area contributed by atoms with Gasteiger partial charge in [0.05, 0.1) is 16.1 Å². The van der Waals surface area contributed by atoms with E-state index in [-0.39, 0.29) is 18.1 Å². The van der Waals surface area contributed by atoms with Crippen molar-refractivity contribution in [2.45, 2.75) is 44.2 Å². The van der Waals surface area contributed by atoms with E-state index in [4.69, 9.17) is 10.5 Å². The third-order valence-corrected chi connectivity index (χ3v) is 9.40. The standard InChI is InChI=1S/C34H43Br2N7O5/c1-48-30-8-3-2-6-24(30)9-15-39-34(47)41-29(22-23-20-26(35)31(44)27(36)21-23)32(45)40-28(7-4-5-12-37)33(46)43-18-16-42(17-19-43)25-10-13-38-14-11-25/h2-3,6,8,10-11,13-14,20-21,28-29,44H,4-5,7,9,12,15-19,22,37H2,1H3,(H,40,45)(H2,39,41,47)/t28-,29+/m0/s1. The molecule has 14 heteroatoms. The van der Waals surface area contributed by atoms with Crippen LogP contribution in [0.2, 0.25) is 0 Å². The van der Waals surface area contributed by atoms with Crippen molar-refractivity contribution in [1.29, 1.82) is 0 Å². The number of carbonyl (C=O) groups is 3. The number of ether oxygens (including phenoxy) is 1. The number of hydrogen-bond donors (Lipinski definition) is 5. The lowest BCUT2D eigenvalue weighted by Crippen LogP contribution is -2.58. The van der Waals surface area contributed by atoms with Gasteiger partial charge in [-0.15, -0.1) is 0 Å². The average Bonchev–Trinajstić information content (AvgIpc) is 3.10. The van der Waals surface area contributed by atoms with Crippen LogP contribution >= 0.6 is 31.9 Å². The number of piperazine rings is 1. The van der Waals surface area contributed by atoms with Crippen LogP contribution in [0.4, 0.5) is 10.5 Å². The number of urea groups is 1. The van der Waals surface area contributed by atoms with Crippen molar-refractivity contribution in [3.8, 4) is 11.5 Å². The summed E-state index contributed by atoms with van der Waals surface area (Å²) in [5, 5.41) is 18.8. The molecule has 2 atom stereocenters. The summed E-state index contributed by atoms with van der Waals surface area (Å²) in [6.45, 7) is 3.12. The predicted octanol–water partition coefficient (Wildman–Crippen LogP) is 3.74. The number of hydrogen-bond acceptors (Lipinski definition) is 8. The van der Waals surface area contributed by atoms with E-state index in [1.54, 1.807) is 36.5 Å². The van der Waals surface area contributed by atoms with Crippen molar-refractivity contribution in [2.75, 3.05) is 51.3 Å². The fourth-order valence-corrected chi connectivity index (χ4v) is 6.87. The van der Waals surface area contributed by atoms with Gasteiger partial charge in [0.25, 0.3) is 0 Å². The number of para-hydroxylation sites is 1. The monoisotopic (exact) mass is 787 g/mol. The number of phenols is 1. The van der Waals surface area contributed by atoms with E-state index in [1.807, 2.05) is 36.4 Å². The zero-order valence-electron chi connectivity index (χ0n) is 27.0. The van der Waals surface area contributed by atoms with Gasteiger partial charge < -0.3 is 41.3 Å². The number of halogens is 2. The highest BCUT2D eigenvalue weighted by Gasteiger charge is 2.31. The normalized spacial score (nSPS) is 14.2. The number of methoxy groups -OCH3 is 1. The van der Waals surface area contributed by atoms with E-state index in [1.165, 1.54) is 0 Å². The first-order valence-corrected chi connectivity index (χ1v) is 17.6. The second-order valence-corrected chi connectivity index (χ2v) is 13.2. The molecule has 2 aromatic carbocycles. The summed E-state index contributed by atoms with van der Waals surface area (Å²) in [4.78, 5) is 48.9. The first-order chi connectivity index (χ1) is 23.2. The number of nitrogens with zero attached hydrogens (tertiary/aromatic N) is 3. The highest BCUT2D eigenvalue weighted by atomic mass is 79.9. The van der Waals surface area contributed by atoms with Crippen molar-refractivity contribution in [3.05, 3.63) is 81.0 Å². The summed E-state index contributed by atoms with van der Waals surface area (Å²) in [6.07, 6.45) is 5.91. The fourth-order valence-electron chi connectivity index (χ4n) is 5.59. The Bertz CT molecular complexity index is 1500. The van der Waals surface area contributed by atoms with Crippen LogP contribution < -0.4 is 31.3 Å². The Hall–Kier alpha value is -3.88. The smallest absolute Gasteiger partial charge is 0.315 e. The van der Waals surface area contributed by atoms with Crippen LogP contribution in [0.15, 0.2) is 69.9 Å². The number of phenolic OH excluding ortho intramolecular Hbond substituents is 1. The van der Waals surface area contributed by atoms with E-state index in [2.05, 4.69) is 57.7 Å². The molecule has 1 aliphatic rings. The lowest BCUT2D eigenvalue weighted by Gasteiger charge is -2.37. The zero-order valence-corrected chi connectivity index (χ0v) is 30.1. The zero-order chi connectivity index (χ0) is 34.5. The Balaban J connectivity index is 1.46. The molecule has 258 valence electrons. The van der Waals surface area contributed by atoms with Gasteiger partial charge in [-0.2, -0.15) is 0 Å². The molecule has 1 aliphatic heterocycles. The maximum Gasteiger partial charge on any atom is 0.315 e. The van der Waals surface area contributed by atoms with Crippen LogP contribution in [0.5, 0.6) is 11.5 Å². The van der Waals surface area contributed by atoms with Crippen LogP contribution in [0.1, 0.15) is 30.4 Å². The minimum absolute atomic E-state index is 0.0244. The quantitative estimate of drug-likeness (QED) is 0.146. The molecule has 0 aliphatic carbocycles. The SMILES string of the molecule is COc1ccccc1CCNC(=O)N[C@H](Cc1cc(Br)c(O)c(Br)c1)C(=O)N[C@@H](CCCCN)C(=O)N1CCN(c2ccncc2)CC1. The molecule has 1 fully saturated rings. The number of carbonyl (C=O) groups excluding carboxylic acids is 3. The number of aromatic nitrogens is 1. The third kappa shape index (κ3) is 10.6. The molecule has 1 aromatic heterocycles. The van der Waals surface area contributed by atoms with Gasteiger partial charge in [0.1, 0.15) is 23.6 Å². The van der Waals surface area contributed by atoms with Crippen LogP contribution in [0.25, 0.3) is 0 Å². The molecule has 0 saturated carbocycles. The third-order valence-electron chi connectivity index (χ3n) is 8.19. The summed E-state index contributed by atoms with van der Waals surface area (Å²) in [5.74, 6) is 0.0996. The summed E-state index contributed by atoms with van der Waals surface area (Å²) in [7, 11) is 1.60. The van der Waals surface area contributed by atoms with Gasteiger partial charge in [-0.05, 0) is 106 Å². The summed E-state index contributed by atoms with van der Waals surface area (Å²) in [6, 6.07) is 12.5. The van der Waals surface area contributed by atoms with Gasteiger partial charge in [-0.25, -0.2) is 4.79 Å². The number of unbranched alkanes of at least 4 members (excludes halogenated alkanes) is 1. The maximum atomic E-state index is 13.9. The molecule has 2 heterocycles. The van der Waals surface area contributed by atoms with E-state index >= 15 is 0 Å². The fraction of sp³-hybridized carbons (Fsp3) is 0.412. The maximum absolute atomic E-state index is 13.9. The van der Waals surface area contributed by atoms with Gasteiger partial charge in [-0.3, -0.25) is 14.6 Å². The minimum Gasteiger partial charge on any atom is -0.506 e. The topological polar surface area (TPSA) is 162 Å². The number of nitrogens with two attached hydrogens (primary N) is 1. The largest absolute Gasteiger partial charge is 0.506 e. The second-order valence-electron chi connectivity index (χ2n) is 11.5. The van der Waals surface area contributed by atoms with Crippen LogP contribution in [0, 0.1) is 0 Å². The molecule has 0 unspecified atom stereocenters. The number of nitrogens with one attached hydrogen (secondary N) is 3. The average molecular weight is 790 g/mol. The first-order valence-electron chi connectivity index (χ1n) is 16.0. The van der Waals surface area contributed by atoms with Crippen LogP contribution in [0.3, 0.4) is 0 Å². The van der Waals surface area contributed by atoms with Crippen molar-refractivity contribution < 1.29 is 24.2 Å². The Morgan fingerprint density at radius 3 is 2.33 bits per heavy atom. The molecule has 6 N–H and O–H groups in total. The van der Waals surface area contributed by atoms with E-state index in [0.29, 0.717) is 79.5 Å². The van der Waals surface area contributed by atoms with Crippen molar-refractivity contribution in [3.63, 3.8) is 0 Å². The molecule has 0 radical (unpaired) electrons. The van der Waals surface area contributed by atoms with E-state index in [0.717, 1.165) is 17.0 Å². The van der Waals surface area contributed by atoms with Gasteiger partial charge in [0.15, 0.2) is 0 Å². The summed E-state index contributed by atoms with van der Waals surface area (Å²) >= 11 is 6.69. The summed E-state index contributed by atoms with van der Waals surface area (Å²) in [5.41, 5.74) is 8.41. The molecular weight excluding hydrogens is 746 g/mol. The van der Waals surface area contributed by atoms with Gasteiger partial charge in [0, 0.05) is 57.2 Å². The summed E-state index contributed by atoms with van der Waals surface area (Å²) < 4.78 is 6.28. The molecular formula is C34H43Br2N7O5. The number of rotatable bonds is 15. The first kappa shape index (κ1) is 36.9. The molecule has 4 rings (SSSR count). The van der Waals surface area contributed by atoms with Gasteiger partial charge >= 0.3 is 6.03 Å². The van der Waals surface area contributed by atoms with Crippen molar-refractivity contribution in [1.82, 2.24) is 25.8 Å². The van der Waals surface area contributed by atoms with Crippen LogP contribution in [-0.2, 0) is 22.4 Å². The molecule has 48 heavy (non-hydrogen) atoms. The van der Waals surface area contributed by atoms with Gasteiger partial charge in [0.2, 0.25) is 11.8 Å². The Labute approximate surface area is 298 Å². The molecule has 12 nitrogen and oxygen atoms in total. The number of benzene rings is 2. The molecule has 0 bridgehead atoms. The highest BCUT2D eigenvalue weighted by molar-refractivity contribution is 9.11. The number of amides is 4. The molecule has 4 amide bonds. The van der Waals surface area contributed by atoms with E-state index in [9.17, 15) is 19.5 Å². The van der Waals surface area contributed by atoms with Gasteiger partial charge in [-0.1, -0.05) is 18.2 Å². The number of pyridine rings is 1. The Morgan fingerprint density at radius 1 is 0.979 bits per heavy atom. The Morgan fingerprint density at radius 2 is 1.67 bits per heavy atom. The van der Waals surface area contributed by atoms with Crippen molar-refractivity contribution >= 4 is 55.4 Å². The highest BCUT2D eigenvalue weighted by Crippen LogP contribution is 2.33. The lowest BCUT2D eigenvalue weighted by molar-refractivity contribution is -0.137. The molecule has 1 saturated heterocycles. The molecule has 3 aromatic rings. The van der Waals surface area contributed by atoms with Crippen LogP contribution in [-0.4, -0.2) is 91.3 Å². The minimum atomic E-state index is -1.02.